The van der Waals surface area contributed by atoms with E-state index >= 15 is 0 Å². The molecule has 1 aliphatic rings. The van der Waals surface area contributed by atoms with Gasteiger partial charge < -0.3 is 10.1 Å². The number of anilines is 1. The molecule has 0 saturated heterocycles. The topological polar surface area (TPSA) is 52.0 Å². The third-order valence-corrected chi connectivity index (χ3v) is 4.68. The Labute approximate surface area is 147 Å². The summed E-state index contributed by atoms with van der Waals surface area (Å²) in [6, 6.07) is 14.4. The smallest absolute Gasteiger partial charge is 0.226 e. The molecule has 0 aliphatic carbocycles. The fourth-order valence-corrected chi connectivity index (χ4v) is 3.14. The Bertz CT molecular complexity index is 958. The molecule has 1 unspecified atom stereocenters. The Morgan fingerprint density at radius 3 is 2.72 bits per heavy atom. The predicted molar refractivity (Wildman–Crippen MR) is 98.7 cm³/mol. The quantitative estimate of drug-likeness (QED) is 0.789. The molecule has 0 spiro atoms. The molecular weight excluding hydrogens is 312 g/mol. The first-order valence-corrected chi connectivity index (χ1v) is 8.26. The molecule has 1 aliphatic heterocycles. The summed E-state index contributed by atoms with van der Waals surface area (Å²) in [7, 11) is 1.69. The third-order valence-electron chi connectivity index (χ3n) is 4.68. The highest BCUT2D eigenvalue weighted by Gasteiger charge is 2.25. The predicted octanol–water partition coefficient (Wildman–Crippen LogP) is 3.96. The van der Waals surface area contributed by atoms with Crippen LogP contribution in [0, 0.1) is 13.8 Å². The van der Waals surface area contributed by atoms with Crippen molar-refractivity contribution >= 4 is 11.6 Å². The molecule has 0 radical (unpaired) electrons. The minimum Gasteiger partial charge on any atom is -0.496 e. The van der Waals surface area contributed by atoms with Gasteiger partial charge in [-0.15, -0.1) is 0 Å². The van der Waals surface area contributed by atoms with E-state index in [4.69, 9.17) is 4.74 Å². The van der Waals surface area contributed by atoms with Crippen LogP contribution >= 0.6 is 0 Å². The van der Waals surface area contributed by atoms with Crippen molar-refractivity contribution in [3.05, 3.63) is 77.1 Å². The third kappa shape index (κ3) is 2.67. The summed E-state index contributed by atoms with van der Waals surface area (Å²) in [4.78, 5) is 4.36. The number of benzene rings is 2. The van der Waals surface area contributed by atoms with Gasteiger partial charge in [0, 0.05) is 11.3 Å². The largest absolute Gasteiger partial charge is 0.496 e. The minimum atomic E-state index is -0.0773. The highest BCUT2D eigenvalue weighted by Crippen LogP contribution is 2.36. The van der Waals surface area contributed by atoms with Gasteiger partial charge in [0.05, 0.1) is 7.11 Å². The Morgan fingerprint density at radius 1 is 1.08 bits per heavy atom. The number of fused-ring (bicyclic) bond motifs is 1. The number of nitrogens with one attached hydrogen (secondary N) is 1. The zero-order valence-electron chi connectivity index (χ0n) is 14.5. The van der Waals surface area contributed by atoms with Crippen LogP contribution in [-0.4, -0.2) is 21.9 Å². The van der Waals surface area contributed by atoms with E-state index < -0.39 is 0 Å². The number of nitrogens with zero attached hydrogens (tertiary/aromatic N) is 3. The second-order valence-corrected chi connectivity index (χ2v) is 6.22. The van der Waals surface area contributed by atoms with Gasteiger partial charge in [-0.2, -0.15) is 10.1 Å². The normalized spacial score (nSPS) is 16.0. The van der Waals surface area contributed by atoms with E-state index in [2.05, 4.69) is 59.6 Å². The SMILES string of the molecule is COc1ccccc1C1C=C(c2ccc(C)c(C)c2)Nc2ncnn21. The molecule has 0 fully saturated rings. The van der Waals surface area contributed by atoms with E-state index in [0.29, 0.717) is 0 Å². The van der Waals surface area contributed by atoms with Gasteiger partial charge in [-0.3, -0.25) is 0 Å². The van der Waals surface area contributed by atoms with Crippen molar-refractivity contribution in [1.82, 2.24) is 14.8 Å². The molecule has 0 bridgehead atoms. The van der Waals surface area contributed by atoms with Crippen LogP contribution in [0.2, 0.25) is 0 Å². The maximum absolute atomic E-state index is 5.55. The first kappa shape index (κ1) is 15.4. The maximum atomic E-state index is 5.55. The summed E-state index contributed by atoms with van der Waals surface area (Å²) >= 11 is 0. The molecule has 25 heavy (non-hydrogen) atoms. The number of aryl methyl sites for hydroxylation is 2. The summed E-state index contributed by atoms with van der Waals surface area (Å²) in [5, 5.41) is 7.78. The Balaban J connectivity index is 1.84. The van der Waals surface area contributed by atoms with E-state index in [1.165, 1.54) is 11.1 Å². The van der Waals surface area contributed by atoms with Gasteiger partial charge in [0.15, 0.2) is 0 Å². The number of hydrogen-bond acceptors (Lipinski definition) is 4. The second kappa shape index (κ2) is 6.09. The van der Waals surface area contributed by atoms with E-state index in [9.17, 15) is 0 Å². The number of allylic oxidation sites excluding steroid dienone is 1. The van der Waals surface area contributed by atoms with Crippen molar-refractivity contribution in [2.75, 3.05) is 12.4 Å². The Hall–Kier alpha value is -3.08. The number of rotatable bonds is 3. The van der Waals surface area contributed by atoms with Crippen LogP contribution in [0.5, 0.6) is 5.75 Å². The van der Waals surface area contributed by atoms with E-state index in [-0.39, 0.29) is 6.04 Å². The van der Waals surface area contributed by atoms with Gasteiger partial charge in [0.25, 0.3) is 0 Å². The fraction of sp³-hybridized carbons (Fsp3) is 0.200. The van der Waals surface area contributed by atoms with Crippen LogP contribution in [0.3, 0.4) is 0 Å². The molecule has 126 valence electrons. The highest BCUT2D eigenvalue weighted by molar-refractivity contribution is 5.77. The molecule has 1 atom stereocenters. The summed E-state index contributed by atoms with van der Waals surface area (Å²) < 4.78 is 7.43. The van der Waals surface area contributed by atoms with Gasteiger partial charge in [0.1, 0.15) is 18.1 Å². The number of methoxy groups -OCH3 is 1. The molecule has 0 saturated carbocycles. The number of ether oxygens (including phenoxy) is 1. The van der Waals surface area contributed by atoms with Crippen molar-refractivity contribution < 1.29 is 4.74 Å². The van der Waals surface area contributed by atoms with E-state index in [1.54, 1.807) is 13.4 Å². The van der Waals surface area contributed by atoms with Gasteiger partial charge in [-0.1, -0.05) is 30.3 Å². The lowest BCUT2D eigenvalue weighted by molar-refractivity contribution is 0.404. The average Bonchev–Trinajstić information content (AvgIpc) is 3.12. The number of para-hydroxylation sites is 1. The lowest BCUT2D eigenvalue weighted by atomic mass is 9.99. The molecule has 0 amide bonds. The van der Waals surface area contributed by atoms with Crippen LogP contribution < -0.4 is 10.1 Å². The molecule has 2 heterocycles. The average molecular weight is 332 g/mol. The van der Waals surface area contributed by atoms with Crippen LogP contribution in [0.4, 0.5) is 5.95 Å². The molecule has 3 aromatic rings. The highest BCUT2D eigenvalue weighted by atomic mass is 16.5. The van der Waals surface area contributed by atoms with Crippen LogP contribution in [0.1, 0.15) is 28.3 Å². The Morgan fingerprint density at radius 2 is 1.92 bits per heavy atom. The zero-order chi connectivity index (χ0) is 17.4. The maximum Gasteiger partial charge on any atom is 0.226 e. The molecule has 1 aromatic heterocycles. The summed E-state index contributed by atoms with van der Waals surface area (Å²) in [6.07, 6.45) is 3.74. The Kier molecular flexibility index (Phi) is 3.76. The summed E-state index contributed by atoms with van der Waals surface area (Å²) in [6.45, 7) is 4.25. The van der Waals surface area contributed by atoms with Crippen molar-refractivity contribution in [2.24, 2.45) is 0 Å². The van der Waals surface area contributed by atoms with Crippen LogP contribution in [0.25, 0.3) is 5.70 Å². The monoisotopic (exact) mass is 332 g/mol. The number of aromatic nitrogens is 3. The lowest BCUT2D eigenvalue weighted by Gasteiger charge is -2.25. The molecule has 2 aromatic carbocycles. The van der Waals surface area contributed by atoms with Gasteiger partial charge >= 0.3 is 0 Å². The van der Waals surface area contributed by atoms with Crippen molar-refractivity contribution in [2.45, 2.75) is 19.9 Å². The standard InChI is InChI=1S/C20H20N4O/c1-13-8-9-15(10-14(13)2)17-11-18(24-20(23-17)21-12-22-24)16-6-4-5-7-19(16)25-3/h4-12,18H,1-3H3,(H,21,22,23). The second-order valence-electron chi connectivity index (χ2n) is 6.22. The van der Waals surface area contributed by atoms with E-state index in [0.717, 1.165) is 28.5 Å². The number of hydrogen-bond donors (Lipinski definition) is 1. The van der Waals surface area contributed by atoms with Gasteiger partial charge in [-0.05, 0) is 48.7 Å². The van der Waals surface area contributed by atoms with Crippen molar-refractivity contribution in [1.29, 1.82) is 0 Å². The zero-order valence-corrected chi connectivity index (χ0v) is 14.5. The van der Waals surface area contributed by atoms with Gasteiger partial charge in [0.2, 0.25) is 5.95 Å². The van der Waals surface area contributed by atoms with E-state index in [1.807, 2.05) is 22.9 Å². The molecule has 4 rings (SSSR count). The van der Waals surface area contributed by atoms with Gasteiger partial charge in [-0.25, -0.2) is 4.68 Å². The van der Waals surface area contributed by atoms with Crippen molar-refractivity contribution in [3.8, 4) is 5.75 Å². The lowest BCUT2D eigenvalue weighted by Crippen LogP contribution is -2.20. The first-order valence-electron chi connectivity index (χ1n) is 8.26. The first-order chi connectivity index (χ1) is 12.2. The molecule has 1 N–H and O–H groups in total. The minimum absolute atomic E-state index is 0.0773. The summed E-state index contributed by atoms with van der Waals surface area (Å²) in [5.41, 5.74) is 5.77. The molecule has 5 heteroatoms. The molecule has 5 nitrogen and oxygen atoms in total. The van der Waals surface area contributed by atoms with Crippen LogP contribution in [-0.2, 0) is 0 Å². The molecular formula is C20H20N4O. The fourth-order valence-electron chi connectivity index (χ4n) is 3.14. The van der Waals surface area contributed by atoms with Crippen LogP contribution in [0.15, 0.2) is 54.9 Å². The summed E-state index contributed by atoms with van der Waals surface area (Å²) in [5.74, 6) is 1.57. The van der Waals surface area contributed by atoms with Crippen molar-refractivity contribution in [3.63, 3.8) is 0 Å².